The number of hydrogen-bond acceptors (Lipinski definition) is 4. The second kappa shape index (κ2) is 6.46. The van der Waals surface area contributed by atoms with Gasteiger partial charge in [0, 0.05) is 28.8 Å². The highest BCUT2D eigenvalue weighted by Gasteiger charge is 2.27. The van der Waals surface area contributed by atoms with Gasteiger partial charge in [0.15, 0.2) is 0 Å². The topological polar surface area (TPSA) is 61.7 Å². The zero-order valence-electron chi connectivity index (χ0n) is 16.1. The highest BCUT2D eigenvalue weighted by molar-refractivity contribution is 6.01. The molecule has 0 amide bonds. The van der Waals surface area contributed by atoms with Crippen LogP contribution in [0.5, 0.6) is 17.2 Å². The average molecular weight is 363 g/mol. The van der Waals surface area contributed by atoms with Crippen LogP contribution in [0.3, 0.4) is 0 Å². The molecule has 27 heavy (non-hydrogen) atoms. The Kier molecular flexibility index (Phi) is 4.23. The molecule has 4 heteroatoms. The summed E-state index contributed by atoms with van der Waals surface area (Å²) in [6.07, 6.45) is 0.879. The lowest BCUT2D eigenvalue weighted by Gasteiger charge is -2.30. The van der Waals surface area contributed by atoms with Crippen molar-refractivity contribution in [3.05, 3.63) is 53.1 Å². The Balaban J connectivity index is 2.00. The molecule has 3 aromatic carbocycles. The fourth-order valence-corrected chi connectivity index (χ4v) is 4.46. The summed E-state index contributed by atoms with van der Waals surface area (Å²) < 4.78 is 5.46. The lowest BCUT2D eigenvalue weighted by molar-refractivity contribution is 0.409. The molecule has 0 fully saturated rings. The van der Waals surface area contributed by atoms with Gasteiger partial charge in [0.25, 0.3) is 0 Å². The van der Waals surface area contributed by atoms with Crippen LogP contribution in [0.25, 0.3) is 21.9 Å². The first-order valence-corrected chi connectivity index (χ1v) is 9.32. The summed E-state index contributed by atoms with van der Waals surface area (Å²) in [6.45, 7) is 6.17. The maximum absolute atomic E-state index is 11.1. The van der Waals surface area contributed by atoms with Gasteiger partial charge in [-0.15, -0.1) is 0 Å². The van der Waals surface area contributed by atoms with Crippen molar-refractivity contribution in [1.82, 2.24) is 5.32 Å². The van der Waals surface area contributed by atoms with Gasteiger partial charge in [-0.25, -0.2) is 0 Å². The molecule has 0 spiro atoms. The van der Waals surface area contributed by atoms with Crippen molar-refractivity contribution in [3.63, 3.8) is 0 Å². The lowest BCUT2D eigenvalue weighted by Crippen LogP contribution is -2.36. The van der Waals surface area contributed by atoms with E-state index in [1.54, 1.807) is 7.11 Å². The van der Waals surface area contributed by atoms with Gasteiger partial charge in [-0.2, -0.15) is 0 Å². The third kappa shape index (κ3) is 2.72. The van der Waals surface area contributed by atoms with Crippen LogP contribution < -0.4 is 10.1 Å². The number of hydrogen-bond donors (Lipinski definition) is 3. The van der Waals surface area contributed by atoms with E-state index in [-0.39, 0.29) is 17.5 Å². The number of phenolic OH excluding ortho intramolecular Hbond substituents is 2. The van der Waals surface area contributed by atoms with E-state index in [0.717, 1.165) is 28.5 Å². The third-order valence-electron chi connectivity index (χ3n) is 5.59. The first kappa shape index (κ1) is 17.7. The number of methoxy groups -OCH3 is 1. The van der Waals surface area contributed by atoms with E-state index in [0.29, 0.717) is 28.3 Å². The minimum Gasteiger partial charge on any atom is -0.507 e. The van der Waals surface area contributed by atoms with Crippen LogP contribution >= 0.6 is 0 Å². The van der Waals surface area contributed by atoms with Crippen molar-refractivity contribution >= 4 is 10.8 Å². The summed E-state index contributed by atoms with van der Waals surface area (Å²) in [5, 5.41) is 27.3. The number of rotatable bonds is 2. The zero-order chi connectivity index (χ0) is 19.3. The fourth-order valence-electron chi connectivity index (χ4n) is 4.46. The Morgan fingerprint density at radius 1 is 1.07 bits per heavy atom. The van der Waals surface area contributed by atoms with Gasteiger partial charge in [-0.05, 0) is 49.8 Å². The van der Waals surface area contributed by atoms with E-state index in [4.69, 9.17) is 4.74 Å². The number of ether oxygens (including phenoxy) is 1. The van der Waals surface area contributed by atoms with E-state index in [2.05, 4.69) is 25.2 Å². The number of fused-ring (bicyclic) bond motifs is 2. The van der Waals surface area contributed by atoms with Crippen molar-refractivity contribution in [1.29, 1.82) is 0 Å². The molecule has 0 saturated carbocycles. The zero-order valence-corrected chi connectivity index (χ0v) is 16.1. The maximum atomic E-state index is 11.1. The Bertz CT molecular complexity index is 1040. The predicted molar refractivity (Wildman–Crippen MR) is 109 cm³/mol. The van der Waals surface area contributed by atoms with Gasteiger partial charge in [0.2, 0.25) is 0 Å². The van der Waals surface area contributed by atoms with Crippen molar-refractivity contribution in [3.8, 4) is 28.4 Å². The summed E-state index contributed by atoms with van der Waals surface area (Å²) >= 11 is 0. The molecule has 3 aromatic rings. The molecule has 0 bridgehead atoms. The Hall–Kier alpha value is -2.72. The number of aryl methyl sites for hydroxylation is 1. The quantitative estimate of drug-likeness (QED) is 0.610. The van der Waals surface area contributed by atoms with Crippen LogP contribution in [0, 0.1) is 6.92 Å². The summed E-state index contributed by atoms with van der Waals surface area (Å²) in [5.74, 6) is 1.00. The minimum absolute atomic E-state index is 0.0566. The maximum Gasteiger partial charge on any atom is 0.135 e. The highest BCUT2D eigenvalue weighted by atomic mass is 16.5. The number of aromatic hydroxyl groups is 2. The van der Waals surface area contributed by atoms with Crippen LogP contribution in [0.1, 0.15) is 36.6 Å². The van der Waals surface area contributed by atoms with Crippen LogP contribution in [-0.4, -0.2) is 23.4 Å². The van der Waals surface area contributed by atoms with Crippen LogP contribution in [-0.2, 0) is 6.42 Å². The van der Waals surface area contributed by atoms with Crippen LogP contribution in [0.15, 0.2) is 36.4 Å². The SMILES string of the molecule is COc1cccc2cc(C)c(-c3ccc4c(c3O)[C@H](C)N[C@H](C)C4)c(O)c12. The molecule has 1 aliphatic heterocycles. The molecule has 4 rings (SSSR count). The van der Waals surface area contributed by atoms with E-state index in [9.17, 15) is 10.2 Å². The molecule has 0 radical (unpaired) electrons. The molecular formula is C23H25NO3. The van der Waals surface area contributed by atoms with Crippen molar-refractivity contribution < 1.29 is 14.9 Å². The molecule has 4 nitrogen and oxygen atoms in total. The van der Waals surface area contributed by atoms with Gasteiger partial charge in [-0.1, -0.05) is 30.3 Å². The first-order chi connectivity index (χ1) is 12.9. The summed E-state index contributed by atoms with van der Waals surface area (Å²) in [5.41, 5.74) is 4.29. The monoisotopic (exact) mass is 363 g/mol. The third-order valence-corrected chi connectivity index (χ3v) is 5.59. The average Bonchev–Trinajstić information content (AvgIpc) is 2.62. The normalized spacial score (nSPS) is 19.1. The smallest absolute Gasteiger partial charge is 0.135 e. The van der Waals surface area contributed by atoms with Gasteiger partial charge >= 0.3 is 0 Å². The molecule has 0 unspecified atom stereocenters. The highest BCUT2D eigenvalue weighted by Crippen LogP contribution is 2.47. The van der Waals surface area contributed by atoms with E-state index in [1.807, 2.05) is 37.3 Å². The van der Waals surface area contributed by atoms with Gasteiger partial charge in [-0.3, -0.25) is 0 Å². The first-order valence-electron chi connectivity index (χ1n) is 9.32. The Labute approximate surface area is 159 Å². The minimum atomic E-state index is 0.0566. The Morgan fingerprint density at radius 2 is 1.85 bits per heavy atom. The summed E-state index contributed by atoms with van der Waals surface area (Å²) in [4.78, 5) is 0. The molecule has 0 aromatic heterocycles. The van der Waals surface area contributed by atoms with Gasteiger partial charge in [0.05, 0.1) is 12.5 Å². The molecular weight excluding hydrogens is 338 g/mol. The fraction of sp³-hybridized carbons (Fsp3) is 0.304. The second-order valence-corrected chi connectivity index (χ2v) is 7.50. The second-order valence-electron chi connectivity index (χ2n) is 7.50. The van der Waals surface area contributed by atoms with Gasteiger partial charge in [0.1, 0.15) is 17.2 Å². The molecule has 140 valence electrons. The summed E-state index contributed by atoms with van der Waals surface area (Å²) in [6, 6.07) is 12.1. The standard InChI is InChI=1S/C23H25NO3/c1-12-10-15-6-5-7-18(27-4)21(15)23(26)19(12)17-9-8-16-11-13(2)24-14(3)20(16)22(17)25/h5-10,13-14,24-26H,11H2,1-4H3/t13-,14+/m1/s1. The molecule has 0 aliphatic carbocycles. The molecule has 2 atom stereocenters. The van der Waals surface area contributed by atoms with Crippen molar-refractivity contribution in [2.45, 2.75) is 39.3 Å². The van der Waals surface area contributed by atoms with E-state index < -0.39 is 0 Å². The predicted octanol–water partition coefficient (Wildman–Crippen LogP) is 4.83. The van der Waals surface area contributed by atoms with Crippen molar-refractivity contribution in [2.75, 3.05) is 7.11 Å². The number of nitrogens with one attached hydrogen (secondary N) is 1. The van der Waals surface area contributed by atoms with Crippen LogP contribution in [0.2, 0.25) is 0 Å². The van der Waals surface area contributed by atoms with Crippen molar-refractivity contribution in [2.24, 2.45) is 0 Å². The van der Waals surface area contributed by atoms with Crippen LogP contribution in [0.4, 0.5) is 0 Å². The lowest BCUT2D eigenvalue weighted by atomic mass is 9.86. The Morgan fingerprint density at radius 3 is 2.59 bits per heavy atom. The largest absolute Gasteiger partial charge is 0.507 e. The summed E-state index contributed by atoms with van der Waals surface area (Å²) in [7, 11) is 1.60. The van der Waals surface area contributed by atoms with E-state index in [1.165, 1.54) is 0 Å². The van der Waals surface area contributed by atoms with E-state index >= 15 is 0 Å². The molecule has 1 aliphatic rings. The van der Waals surface area contributed by atoms with Gasteiger partial charge < -0.3 is 20.3 Å². The molecule has 3 N–H and O–H groups in total. The number of phenols is 2. The molecule has 0 saturated heterocycles. The number of benzene rings is 3. The molecule has 1 heterocycles.